The molecule has 1 saturated heterocycles. The maximum absolute atomic E-state index is 12.8. The molecule has 0 aliphatic carbocycles. The molecule has 0 bridgehead atoms. The van der Waals surface area contributed by atoms with Crippen LogP contribution in [-0.2, 0) is 9.59 Å². The number of thioether (sulfide) groups is 1. The Labute approximate surface area is 189 Å². The molecule has 2 aromatic rings. The van der Waals surface area contributed by atoms with Gasteiger partial charge in [-0.3, -0.25) is 14.5 Å². The lowest BCUT2D eigenvalue weighted by Gasteiger charge is -2.31. The van der Waals surface area contributed by atoms with Gasteiger partial charge in [-0.15, -0.1) is 0 Å². The standard InChI is InChI=1S/C21H21Cl2N3O3S/c1-3-26-19(27)12-18(20(28)24-15-5-7-17(8-6-15)29-4-2)30-21(26)25-16-10-13(22)9-14(23)11-16/h5-11,18H,3-4,12H2,1-2H3,(H,24,28)/t18-/m0/s1. The third-order valence-electron chi connectivity index (χ3n) is 4.25. The third-order valence-corrected chi connectivity index (χ3v) is 5.88. The molecule has 0 saturated carbocycles. The fourth-order valence-corrected chi connectivity index (χ4v) is 4.57. The second-order valence-electron chi connectivity index (χ2n) is 6.42. The molecule has 9 heteroatoms. The fraction of sp³-hybridized carbons (Fsp3) is 0.286. The number of aliphatic imine (C=N–C) groups is 1. The molecule has 1 atom stereocenters. The van der Waals surface area contributed by atoms with E-state index >= 15 is 0 Å². The smallest absolute Gasteiger partial charge is 0.238 e. The van der Waals surface area contributed by atoms with Gasteiger partial charge in [-0.25, -0.2) is 4.99 Å². The van der Waals surface area contributed by atoms with Crippen LogP contribution in [0.4, 0.5) is 11.4 Å². The molecule has 3 rings (SSSR count). The zero-order valence-corrected chi connectivity index (χ0v) is 18.9. The Morgan fingerprint density at radius 3 is 2.47 bits per heavy atom. The number of carbonyl (C=O) groups excluding carboxylic acids is 2. The Balaban J connectivity index is 1.78. The second kappa shape index (κ2) is 10.2. The second-order valence-corrected chi connectivity index (χ2v) is 8.46. The van der Waals surface area contributed by atoms with Gasteiger partial charge >= 0.3 is 0 Å². The van der Waals surface area contributed by atoms with Gasteiger partial charge in [0.2, 0.25) is 11.8 Å². The van der Waals surface area contributed by atoms with E-state index in [1.165, 1.54) is 11.8 Å². The number of hydrogen-bond acceptors (Lipinski definition) is 5. The van der Waals surface area contributed by atoms with Gasteiger partial charge < -0.3 is 10.1 Å². The minimum absolute atomic E-state index is 0.0939. The highest BCUT2D eigenvalue weighted by atomic mass is 35.5. The number of carbonyl (C=O) groups is 2. The normalized spacial score (nSPS) is 17.9. The maximum Gasteiger partial charge on any atom is 0.238 e. The summed E-state index contributed by atoms with van der Waals surface area (Å²) in [6, 6.07) is 12.0. The lowest BCUT2D eigenvalue weighted by Crippen LogP contribution is -2.45. The Bertz CT molecular complexity index is 946. The number of nitrogens with one attached hydrogen (secondary N) is 1. The van der Waals surface area contributed by atoms with E-state index in [1.54, 1.807) is 47.4 Å². The van der Waals surface area contributed by atoms with Crippen molar-refractivity contribution >= 4 is 63.3 Å². The van der Waals surface area contributed by atoms with Crippen molar-refractivity contribution in [2.24, 2.45) is 4.99 Å². The van der Waals surface area contributed by atoms with E-state index in [9.17, 15) is 9.59 Å². The van der Waals surface area contributed by atoms with Crippen LogP contribution in [0.2, 0.25) is 10.0 Å². The summed E-state index contributed by atoms with van der Waals surface area (Å²) in [5, 5.41) is 3.59. The average molecular weight is 466 g/mol. The van der Waals surface area contributed by atoms with Crippen molar-refractivity contribution in [3.63, 3.8) is 0 Å². The van der Waals surface area contributed by atoms with Gasteiger partial charge in [0.25, 0.3) is 0 Å². The molecule has 158 valence electrons. The lowest BCUT2D eigenvalue weighted by molar-refractivity contribution is -0.129. The molecular weight excluding hydrogens is 445 g/mol. The maximum atomic E-state index is 12.8. The Kier molecular flexibility index (Phi) is 7.64. The van der Waals surface area contributed by atoms with Crippen molar-refractivity contribution in [2.75, 3.05) is 18.5 Å². The first-order chi connectivity index (χ1) is 14.4. The number of nitrogens with zero attached hydrogens (tertiary/aromatic N) is 2. The van der Waals surface area contributed by atoms with Crippen LogP contribution in [0.25, 0.3) is 0 Å². The minimum Gasteiger partial charge on any atom is -0.494 e. The van der Waals surface area contributed by atoms with Crippen molar-refractivity contribution in [2.45, 2.75) is 25.5 Å². The predicted octanol–water partition coefficient (Wildman–Crippen LogP) is 5.37. The van der Waals surface area contributed by atoms with Gasteiger partial charge in [-0.2, -0.15) is 0 Å². The van der Waals surface area contributed by atoms with Crippen molar-refractivity contribution in [1.29, 1.82) is 0 Å². The van der Waals surface area contributed by atoms with E-state index in [4.69, 9.17) is 27.9 Å². The largest absolute Gasteiger partial charge is 0.494 e. The van der Waals surface area contributed by atoms with Crippen LogP contribution in [0, 0.1) is 0 Å². The van der Waals surface area contributed by atoms with Gasteiger partial charge in [-0.05, 0) is 56.3 Å². The van der Waals surface area contributed by atoms with Crippen LogP contribution >= 0.6 is 35.0 Å². The van der Waals surface area contributed by atoms with Gasteiger partial charge in [0.05, 0.1) is 12.3 Å². The van der Waals surface area contributed by atoms with Crippen molar-refractivity contribution < 1.29 is 14.3 Å². The number of benzene rings is 2. The van der Waals surface area contributed by atoms with E-state index < -0.39 is 5.25 Å². The molecule has 2 aromatic carbocycles. The summed E-state index contributed by atoms with van der Waals surface area (Å²) in [5.41, 5.74) is 1.16. The molecule has 1 fully saturated rings. The van der Waals surface area contributed by atoms with Crippen LogP contribution in [-0.4, -0.2) is 40.3 Å². The summed E-state index contributed by atoms with van der Waals surface area (Å²) in [6.07, 6.45) is 0.0939. The predicted molar refractivity (Wildman–Crippen MR) is 123 cm³/mol. The summed E-state index contributed by atoms with van der Waals surface area (Å²) in [5.74, 6) is 0.311. The van der Waals surface area contributed by atoms with Gasteiger partial charge in [-0.1, -0.05) is 35.0 Å². The molecule has 0 radical (unpaired) electrons. The molecule has 30 heavy (non-hydrogen) atoms. The highest BCUT2D eigenvalue weighted by Gasteiger charge is 2.35. The van der Waals surface area contributed by atoms with Crippen LogP contribution in [0.1, 0.15) is 20.3 Å². The molecule has 1 aliphatic rings. The first-order valence-corrected chi connectivity index (χ1v) is 11.1. The Morgan fingerprint density at radius 1 is 1.20 bits per heavy atom. The van der Waals surface area contributed by atoms with Gasteiger partial charge in [0, 0.05) is 28.7 Å². The number of rotatable bonds is 6. The number of hydrogen-bond donors (Lipinski definition) is 1. The topological polar surface area (TPSA) is 71.0 Å². The Hall–Kier alpha value is -2.22. The average Bonchev–Trinajstić information content (AvgIpc) is 2.68. The summed E-state index contributed by atoms with van der Waals surface area (Å²) in [6.45, 7) is 4.79. The fourth-order valence-electron chi connectivity index (χ4n) is 2.89. The molecule has 2 amide bonds. The first kappa shape index (κ1) is 22.5. The van der Waals surface area contributed by atoms with E-state index in [2.05, 4.69) is 10.3 Å². The molecule has 1 aliphatic heterocycles. The van der Waals surface area contributed by atoms with E-state index in [-0.39, 0.29) is 18.2 Å². The van der Waals surface area contributed by atoms with Crippen LogP contribution in [0.15, 0.2) is 47.5 Å². The van der Waals surface area contributed by atoms with E-state index in [0.717, 1.165) is 5.75 Å². The SMILES string of the molecule is CCOc1ccc(NC(=O)[C@@H]2CC(=O)N(CC)C(=Nc3cc(Cl)cc(Cl)c3)S2)cc1. The zero-order valence-electron chi connectivity index (χ0n) is 16.5. The van der Waals surface area contributed by atoms with Crippen LogP contribution < -0.4 is 10.1 Å². The molecule has 0 unspecified atom stereocenters. The summed E-state index contributed by atoms with van der Waals surface area (Å²) >= 11 is 13.4. The number of ether oxygens (including phenoxy) is 1. The summed E-state index contributed by atoms with van der Waals surface area (Å²) in [7, 11) is 0. The van der Waals surface area contributed by atoms with Crippen molar-refractivity contribution in [3.05, 3.63) is 52.5 Å². The van der Waals surface area contributed by atoms with Gasteiger partial charge in [0.15, 0.2) is 5.17 Å². The monoisotopic (exact) mass is 465 g/mol. The number of halogens is 2. The quantitative estimate of drug-likeness (QED) is 0.621. The number of amides is 2. The molecular formula is C21H21Cl2N3O3S. The number of anilines is 1. The van der Waals surface area contributed by atoms with Crippen molar-refractivity contribution in [1.82, 2.24) is 4.90 Å². The highest BCUT2D eigenvalue weighted by Crippen LogP contribution is 2.31. The molecule has 0 spiro atoms. The summed E-state index contributed by atoms with van der Waals surface area (Å²) in [4.78, 5) is 31.5. The third kappa shape index (κ3) is 5.68. The molecule has 1 heterocycles. The van der Waals surface area contributed by atoms with Crippen LogP contribution in [0.5, 0.6) is 5.75 Å². The molecule has 0 aromatic heterocycles. The lowest BCUT2D eigenvalue weighted by atomic mass is 10.2. The van der Waals surface area contributed by atoms with Gasteiger partial charge in [0.1, 0.15) is 11.0 Å². The van der Waals surface area contributed by atoms with Crippen molar-refractivity contribution in [3.8, 4) is 5.75 Å². The number of amidine groups is 1. The highest BCUT2D eigenvalue weighted by molar-refractivity contribution is 8.15. The van der Waals surface area contributed by atoms with E-state index in [0.29, 0.717) is 39.7 Å². The molecule has 1 N–H and O–H groups in total. The van der Waals surface area contributed by atoms with Crippen LogP contribution in [0.3, 0.4) is 0 Å². The molecule has 6 nitrogen and oxygen atoms in total. The minimum atomic E-state index is -0.597. The summed E-state index contributed by atoms with van der Waals surface area (Å²) < 4.78 is 5.41. The zero-order chi connectivity index (χ0) is 21.7. The van der Waals surface area contributed by atoms with E-state index in [1.807, 2.05) is 13.8 Å². The Morgan fingerprint density at radius 2 is 1.87 bits per heavy atom. The first-order valence-electron chi connectivity index (χ1n) is 9.45.